The molecule has 0 spiro atoms. The number of carboxylic acids is 1. The molecule has 7 heteroatoms. The van der Waals surface area contributed by atoms with E-state index in [9.17, 15) is 14.7 Å². The van der Waals surface area contributed by atoms with E-state index in [4.69, 9.17) is 9.47 Å². The Bertz CT molecular complexity index is 405. The van der Waals surface area contributed by atoms with Crippen LogP contribution < -0.4 is 5.32 Å². The van der Waals surface area contributed by atoms with Crippen molar-refractivity contribution in [1.29, 1.82) is 0 Å². The van der Waals surface area contributed by atoms with Gasteiger partial charge in [0.1, 0.15) is 5.60 Å². The van der Waals surface area contributed by atoms with Crippen LogP contribution in [0.25, 0.3) is 0 Å². The zero-order chi connectivity index (χ0) is 17.0. The highest BCUT2D eigenvalue weighted by molar-refractivity contribution is 5.85. The van der Waals surface area contributed by atoms with Crippen LogP contribution >= 0.6 is 0 Å². The van der Waals surface area contributed by atoms with E-state index in [1.54, 1.807) is 20.8 Å². The first-order valence-electron chi connectivity index (χ1n) is 7.62. The molecule has 2 N–H and O–H groups in total. The molecule has 1 unspecified atom stereocenters. The van der Waals surface area contributed by atoms with Gasteiger partial charge in [-0.15, -0.1) is 0 Å². The number of likely N-dealkylation sites (tertiary alicyclic amines) is 1. The number of rotatable bonds is 6. The van der Waals surface area contributed by atoms with Gasteiger partial charge in [0.25, 0.3) is 0 Å². The van der Waals surface area contributed by atoms with Crippen molar-refractivity contribution in [2.24, 2.45) is 0 Å². The molecule has 0 saturated carbocycles. The number of hydrogen-bond acceptors (Lipinski definition) is 5. The zero-order valence-electron chi connectivity index (χ0n) is 14.1. The molecule has 22 heavy (non-hydrogen) atoms. The molecule has 1 aliphatic rings. The first kappa shape index (κ1) is 18.7. The van der Waals surface area contributed by atoms with Crippen molar-refractivity contribution in [3.05, 3.63) is 0 Å². The molecular weight excluding hydrogens is 288 g/mol. The SMILES string of the molecule is CC(C)OCCN1CCC(NC(=O)OC(C)(C)C)(C(=O)O)C1. The van der Waals surface area contributed by atoms with E-state index in [1.807, 2.05) is 18.7 Å². The Kier molecular flexibility index (Phi) is 6.19. The minimum atomic E-state index is -1.29. The van der Waals surface area contributed by atoms with Gasteiger partial charge in [0.2, 0.25) is 0 Å². The Balaban J connectivity index is 2.59. The lowest BCUT2D eigenvalue weighted by atomic mass is 9.99. The first-order chi connectivity index (χ1) is 10.0. The van der Waals surface area contributed by atoms with Gasteiger partial charge in [0.15, 0.2) is 5.54 Å². The molecule has 1 saturated heterocycles. The van der Waals surface area contributed by atoms with Gasteiger partial charge in [-0.2, -0.15) is 0 Å². The molecule has 1 aliphatic heterocycles. The molecule has 0 radical (unpaired) electrons. The molecular formula is C15H28N2O5. The number of carboxylic acid groups (broad SMARTS) is 1. The summed E-state index contributed by atoms with van der Waals surface area (Å²) in [4.78, 5) is 25.5. The number of nitrogens with zero attached hydrogens (tertiary/aromatic N) is 1. The summed E-state index contributed by atoms with van der Waals surface area (Å²) >= 11 is 0. The van der Waals surface area contributed by atoms with E-state index in [1.165, 1.54) is 0 Å². The number of hydrogen-bond donors (Lipinski definition) is 2. The number of nitrogens with one attached hydrogen (secondary N) is 1. The van der Waals surface area contributed by atoms with Gasteiger partial charge in [-0.05, 0) is 41.0 Å². The molecule has 128 valence electrons. The summed E-state index contributed by atoms with van der Waals surface area (Å²) in [6, 6.07) is 0. The lowest BCUT2D eigenvalue weighted by molar-refractivity contribution is -0.144. The topological polar surface area (TPSA) is 88.1 Å². The van der Waals surface area contributed by atoms with Crippen molar-refractivity contribution in [3.63, 3.8) is 0 Å². The van der Waals surface area contributed by atoms with Gasteiger partial charge in [0, 0.05) is 19.6 Å². The highest BCUT2D eigenvalue weighted by atomic mass is 16.6. The molecule has 1 heterocycles. The quantitative estimate of drug-likeness (QED) is 0.771. The molecule has 1 amide bonds. The average molecular weight is 316 g/mol. The predicted octanol–water partition coefficient (Wildman–Crippen LogP) is 1.47. The molecule has 1 rings (SSSR count). The first-order valence-corrected chi connectivity index (χ1v) is 7.62. The Hall–Kier alpha value is -1.34. The monoisotopic (exact) mass is 316 g/mol. The molecule has 0 aliphatic carbocycles. The van der Waals surface area contributed by atoms with Crippen LogP contribution in [0.4, 0.5) is 4.79 Å². The number of aliphatic carboxylic acids is 1. The molecule has 0 bridgehead atoms. The summed E-state index contributed by atoms with van der Waals surface area (Å²) in [7, 11) is 0. The molecule has 0 aromatic rings. The summed E-state index contributed by atoms with van der Waals surface area (Å²) in [6.45, 7) is 11.2. The maximum Gasteiger partial charge on any atom is 0.408 e. The fraction of sp³-hybridized carbons (Fsp3) is 0.867. The lowest BCUT2D eigenvalue weighted by Crippen LogP contribution is -2.57. The van der Waals surface area contributed by atoms with Crippen molar-refractivity contribution < 1.29 is 24.2 Å². The van der Waals surface area contributed by atoms with Gasteiger partial charge in [0.05, 0.1) is 12.7 Å². The van der Waals surface area contributed by atoms with Crippen LogP contribution in [0.5, 0.6) is 0 Å². The van der Waals surface area contributed by atoms with Gasteiger partial charge in [-0.25, -0.2) is 9.59 Å². The average Bonchev–Trinajstić information content (AvgIpc) is 2.70. The smallest absolute Gasteiger partial charge is 0.408 e. The van der Waals surface area contributed by atoms with Crippen molar-refractivity contribution >= 4 is 12.1 Å². The zero-order valence-corrected chi connectivity index (χ0v) is 14.1. The van der Waals surface area contributed by atoms with E-state index in [0.29, 0.717) is 26.1 Å². The van der Waals surface area contributed by atoms with Crippen LogP contribution in [0.2, 0.25) is 0 Å². The van der Waals surface area contributed by atoms with Crippen LogP contribution in [-0.2, 0) is 14.3 Å². The third-order valence-electron chi connectivity index (χ3n) is 3.36. The fourth-order valence-electron chi connectivity index (χ4n) is 2.33. The Morgan fingerprint density at radius 2 is 2.00 bits per heavy atom. The number of ether oxygens (including phenoxy) is 2. The Morgan fingerprint density at radius 3 is 2.50 bits per heavy atom. The van der Waals surface area contributed by atoms with Gasteiger partial charge < -0.3 is 19.9 Å². The summed E-state index contributed by atoms with van der Waals surface area (Å²) in [6.07, 6.45) is -0.203. The second-order valence-corrected chi connectivity index (χ2v) is 6.96. The third-order valence-corrected chi connectivity index (χ3v) is 3.36. The van der Waals surface area contributed by atoms with Gasteiger partial charge >= 0.3 is 12.1 Å². The number of carbonyl (C=O) groups excluding carboxylic acids is 1. The number of amides is 1. The van der Waals surface area contributed by atoms with Crippen molar-refractivity contribution in [2.45, 2.75) is 58.3 Å². The molecule has 0 aromatic carbocycles. The summed E-state index contributed by atoms with van der Waals surface area (Å²) in [5.74, 6) is -1.04. The Morgan fingerprint density at radius 1 is 1.36 bits per heavy atom. The highest BCUT2D eigenvalue weighted by Gasteiger charge is 2.46. The summed E-state index contributed by atoms with van der Waals surface area (Å²) < 4.78 is 10.6. The van der Waals surface area contributed by atoms with E-state index < -0.39 is 23.2 Å². The molecule has 1 fully saturated rings. The standard InChI is InChI=1S/C15H28N2O5/c1-11(2)21-9-8-17-7-6-15(10-17,12(18)19)16-13(20)22-14(3,4)5/h11H,6-10H2,1-5H3,(H,16,20)(H,18,19). The molecule has 0 aromatic heterocycles. The largest absolute Gasteiger partial charge is 0.479 e. The van der Waals surface area contributed by atoms with Crippen LogP contribution in [-0.4, -0.2) is 65.6 Å². The van der Waals surface area contributed by atoms with Crippen LogP contribution in [0, 0.1) is 0 Å². The van der Waals surface area contributed by atoms with Crippen molar-refractivity contribution in [1.82, 2.24) is 10.2 Å². The third kappa shape index (κ3) is 5.81. The summed E-state index contributed by atoms with van der Waals surface area (Å²) in [5, 5.41) is 12.0. The van der Waals surface area contributed by atoms with E-state index in [0.717, 1.165) is 0 Å². The number of carbonyl (C=O) groups is 2. The lowest BCUT2D eigenvalue weighted by Gasteiger charge is -2.28. The van der Waals surface area contributed by atoms with Crippen molar-refractivity contribution in [2.75, 3.05) is 26.2 Å². The minimum Gasteiger partial charge on any atom is -0.479 e. The van der Waals surface area contributed by atoms with Crippen LogP contribution in [0.1, 0.15) is 41.0 Å². The fourth-order valence-corrected chi connectivity index (χ4v) is 2.33. The maximum atomic E-state index is 11.9. The van der Waals surface area contributed by atoms with E-state index in [2.05, 4.69) is 5.32 Å². The van der Waals surface area contributed by atoms with Gasteiger partial charge in [-0.3, -0.25) is 4.90 Å². The van der Waals surface area contributed by atoms with Gasteiger partial charge in [-0.1, -0.05) is 0 Å². The van der Waals surface area contributed by atoms with Crippen molar-refractivity contribution in [3.8, 4) is 0 Å². The van der Waals surface area contributed by atoms with E-state index >= 15 is 0 Å². The Labute approximate surface area is 131 Å². The summed E-state index contributed by atoms with van der Waals surface area (Å²) in [5.41, 5.74) is -1.95. The molecule has 7 nitrogen and oxygen atoms in total. The molecule has 1 atom stereocenters. The number of alkyl carbamates (subject to hydrolysis) is 1. The van der Waals surface area contributed by atoms with Crippen LogP contribution in [0.3, 0.4) is 0 Å². The normalized spacial score (nSPS) is 22.8. The van der Waals surface area contributed by atoms with Crippen LogP contribution in [0.15, 0.2) is 0 Å². The second kappa shape index (κ2) is 7.28. The predicted molar refractivity (Wildman–Crippen MR) is 81.9 cm³/mol. The highest BCUT2D eigenvalue weighted by Crippen LogP contribution is 2.22. The second-order valence-electron chi connectivity index (χ2n) is 6.96. The maximum absolute atomic E-state index is 11.9. The minimum absolute atomic E-state index is 0.145. The van der Waals surface area contributed by atoms with E-state index in [-0.39, 0.29) is 12.6 Å².